The molecule has 25 heavy (non-hydrogen) atoms. The molecule has 3 aromatic heterocycles. The number of hydrogen-bond donors (Lipinski definition) is 1. The van der Waals surface area contributed by atoms with Gasteiger partial charge in [-0.15, -0.1) is 0 Å². The van der Waals surface area contributed by atoms with Crippen LogP contribution in [0, 0.1) is 13.8 Å². The summed E-state index contributed by atoms with van der Waals surface area (Å²) < 4.78 is 4.11. The van der Waals surface area contributed by atoms with Crippen molar-refractivity contribution in [2.45, 2.75) is 20.4 Å². The van der Waals surface area contributed by atoms with Crippen LogP contribution in [0.3, 0.4) is 0 Å². The van der Waals surface area contributed by atoms with E-state index in [1.54, 1.807) is 6.20 Å². The van der Waals surface area contributed by atoms with E-state index in [0.717, 1.165) is 33.8 Å². The number of benzene rings is 1. The summed E-state index contributed by atoms with van der Waals surface area (Å²) in [7, 11) is 0. The van der Waals surface area contributed by atoms with Crippen molar-refractivity contribution in [1.29, 1.82) is 0 Å². The number of nitrogens with two attached hydrogens (primary N) is 1. The largest absolute Gasteiger partial charge is 0.318 e. The molecule has 4 rings (SSSR count). The van der Waals surface area contributed by atoms with Crippen molar-refractivity contribution >= 4 is 16.9 Å². The average Bonchev–Trinajstić information content (AvgIpc) is 2.90. The van der Waals surface area contributed by atoms with E-state index in [4.69, 9.17) is 10.7 Å². The van der Waals surface area contributed by atoms with E-state index in [9.17, 15) is 0 Å². The maximum Gasteiger partial charge on any atom is 0.232 e. The zero-order valence-electron chi connectivity index (χ0n) is 14.3. The molecule has 5 heteroatoms. The SMILES string of the molecule is Cc1c(C)n(-c2cccnc2)c2nc[n+](Cc3ccccc3)c(N)c12. The molecule has 0 unspecified atom stereocenters. The molecule has 1 aromatic carbocycles. The molecule has 3 heterocycles. The second-order valence-electron chi connectivity index (χ2n) is 6.20. The summed E-state index contributed by atoms with van der Waals surface area (Å²) in [6.45, 7) is 4.88. The Hall–Kier alpha value is -3.21. The number of hydrogen-bond acceptors (Lipinski definition) is 3. The number of aromatic nitrogens is 4. The first-order valence-electron chi connectivity index (χ1n) is 8.26. The number of nitrogens with zero attached hydrogens (tertiary/aromatic N) is 4. The maximum absolute atomic E-state index is 6.52. The number of pyridine rings is 1. The Kier molecular flexibility index (Phi) is 3.69. The van der Waals surface area contributed by atoms with Gasteiger partial charge in [0.2, 0.25) is 17.8 Å². The van der Waals surface area contributed by atoms with Crippen LogP contribution in [-0.4, -0.2) is 14.5 Å². The fourth-order valence-corrected chi connectivity index (χ4v) is 3.25. The molecule has 124 valence electrons. The lowest BCUT2D eigenvalue weighted by molar-refractivity contribution is -0.675. The van der Waals surface area contributed by atoms with E-state index < -0.39 is 0 Å². The summed E-state index contributed by atoms with van der Waals surface area (Å²) in [6, 6.07) is 14.2. The van der Waals surface area contributed by atoms with Crippen LogP contribution in [0.4, 0.5) is 5.82 Å². The second-order valence-corrected chi connectivity index (χ2v) is 6.20. The minimum absolute atomic E-state index is 0.701. The molecule has 5 nitrogen and oxygen atoms in total. The first kappa shape index (κ1) is 15.3. The van der Waals surface area contributed by atoms with Crippen molar-refractivity contribution in [1.82, 2.24) is 14.5 Å². The molecule has 2 N–H and O–H groups in total. The molecule has 0 radical (unpaired) electrons. The van der Waals surface area contributed by atoms with Gasteiger partial charge in [-0.05, 0) is 37.1 Å². The van der Waals surface area contributed by atoms with Crippen LogP contribution < -0.4 is 10.3 Å². The number of anilines is 1. The highest BCUT2D eigenvalue weighted by Crippen LogP contribution is 2.29. The highest BCUT2D eigenvalue weighted by Gasteiger charge is 2.22. The molecule has 4 aromatic rings. The Morgan fingerprint density at radius 2 is 1.88 bits per heavy atom. The topological polar surface area (TPSA) is 60.6 Å². The van der Waals surface area contributed by atoms with Crippen molar-refractivity contribution in [3.8, 4) is 5.69 Å². The van der Waals surface area contributed by atoms with Crippen LogP contribution in [0.1, 0.15) is 16.8 Å². The molecule has 0 bridgehead atoms. The van der Waals surface area contributed by atoms with Crippen molar-refractivity contribution in [2.24, 2.45) is 0 Å². The number of fused-ring (bicyclic) bond motifs is 1. The average molecular weight is 330 g/mol. The molecule has 0 saturated carbocycles. The van der Waals surface area contributed by atoms with E-state index in [-0.39, 0.29) is 0 Å². The van der Waals surface area contributed by atoms with Gasteiger partial charge in [-0.3, -0.25) is 9.55 Å². The second kappa shape index (κ2) is 6.02. The Morgan fingerprint density at radius 1 is 1.08 bits per heavy atom. The number of rotatable bonds is 3. The number of nitrogen functional groups attached to an aromatic ring is 1. The first-order valence-corrected chi connectivity index (χ1v) is 8.26. The molecular weight excluding hydrogens is 310 g/mol. The summed E-state index contributed by atoms with van der Waals surface area (Å²) in [5, 5.41) is 1.000. The van der Waals surface area contributed by atoms with Crippen LogP contribution in [0.2, 0.25) is 0 Å². The normalized spacial score (nSPS) is 11.1. The molecule has 0 aliphatic carbocycles. The van der Waals surface area contributed by atoms with E-state index in [0.29, 0.717) is 6.54 Å². The lowest BCUT2D eigenvalue weighted by atomic mass is 10.2. The lowest BCUT2D eigenvalue weighted by Gasteiger charge is -2.07. The molecule has 0 aliphatic rings. The van der Waals surface area contributed by atoms with Gasteiger partial charge in [-0.1, -0.05) is 35.3 Å². The lowest BCUT2D eigenvalue weighted by Crippen LogP contribution is -2.38. The molecule has 0 aliphatic heterocycles. The predicted octanol–water partition coefficient (Wildman–Crippen LogP) is 2.96. The van der Waals surface area contributed by atoms with Gasteiger partial charge < -0.3 is 5.73 Å². The first-order chi connectivity index (χ1) is 12.2. The summed E-state index contributed by atoms with van der Waals surface area (Å²) in [5.41, 5.74) is 11.8. The van der Waals surface area contributed by atoms with Crippen molar-refractivity contribution in [3.63, 3.8) is 0 Å². The van der Waals surface area contributed by atoms with Crippen LogP contribution in [0.15, 0.2) is 61.2 Å². The molecule has 0 amide bonds. The summed E-state index contributed by atoms with van der Waals surface area (Å²) in [6.07, 6.45) is 5.43. The summed E-state index contributed by atoms with van der Waals surface area (Å²) in [4.78, 5) is 8.94. The van der Waals surface area contributed by atoms with Gasteiger partial charge in [0.1, 0.15) is 5.39 Å². The molecular formula is C20H20N5+. The van der Waals surface area contributed by atoms with Gasteiger partial charge in [-0.2, -0.15) is 0 Å². The van der Waals surface area contributed by atoms with E-state index in [1.165, 1.54) is 5.56 Å². The van der Waals surface area contributed by atoms with E-state index in [1.807, 2.05) is 47.4 Å². The molecule has 0 atom stereocenters. The Balaban J connectivity index is 1.90. The van der Waals surface area contributed by atoms with Crippen LogP contribution in [0.5, 0.6) is 0 Å². The van der Waals surface area contributed by atoms with Gasteiger partial charge in [0, 0.05) is 11.9 Å². The quantitative estimate of drug-likeness (QED) is 0.588. The third-order valence-electron chi connectivity index (χ3n) is 4.67. The molecule has 0 saturated heterocycles. The van der Waals surface area contributed by atoms with Gasteiger partial charge in [0.25, 0.3) is 0 Å². The minimum atomic E-state index is 0.701. The standard InChI is InChI=1S/C20H19N5/c1-14-15(2)25(17-9-6-10-22-11-17)20-18(14)19(21)24(13-23-20)12-16-7-4-3-5-8-16/h3-11,13,21H,12H2,1-2H3/p+1. The maximum atomic E-state index is 6.52. The minimum Gasteiger partial charge on any atom is -0.318 e. The van der Waals surface area contributed by atoms with Gasteiger partial charge in [0.15, 0.2) is 0 Å². The fraction of sp³-hybridized carbons (Fsp3) is 0.150. The summed E-state index contributed by atoms with van der Waals surface area (Å²) >= 11 is 0. The summed E-state index contributed by atoms with van der Waals surface area (Å²) in [5.74, 6) is 0.733. The van der Waals surface area contributed by atoms with Gasteiger partial charge in [-0.25, -0.2) is 4.57 Å². The smallest absolute Gasteiger partial charge is 0.232 e. The monoisotopic (exact) mass is 330 g/mol. The van der Waals surface area contributed by atoms with Crippen LogP contribution in [-0.2, 0) is 6.54 Å². The third kappa shape index (κ3) is 2.54. The number of aryl methyl sites for hydroxylation is 1. The van der Waals surface area contributed by atoms with Crippen molar-refractivity contribution in [3.05, 3.63) is 78.0 Å². The highest BCUT2D eigenvalue weighted by atomic mass is 15.1. The van der Waals surface area contributed by atoms with E-state index in [2.05, 4.69) is 35.5 Å². The Bertz CT molecular complexity index is 1040. The predicted molar refractivity (Wildman–Crippen MR) is 98.5 cm³/mol. The Morgan fingerprint density at radius 3 is 2.60 bits per heavy atom. The van der Waals surface area contributed by atoms with Gasteiger partial charge in [0.05, 0.1) is 18.4 Å². The third-order valence-corrected chi connectivity index (χ3v) is 4.67. The highest BCUT2D eigenvalue weighted by molar-refractivity contribution is 5.90. The van der Waals surface area contributed by atoms with Crippen molar-refractivity contribution in [2.75, 3.05) is 5.73 Å². The van der Waals surface area contributed by atoms with Crippen LogP contribution >= 0.6 is 0 Å². The zero-order valence-corrected chi connectivity index (χ0v) is 14.3. The van der Waals surface area contributed by atoms with E-state index >= 15 is 0 Å². The van der Waals surface area contributed by atoms with Crippen LogP contribution in [0.25, 0.3) is 16.7 Å². The Labute approximate surface area is 146 Å². The van der Waals surface area contributed by atoms with Crippen molar-refractivity contribution < 1.29 is 4.57 Å². The van der Waals surface area contributed by atoms with Gasteiger partial charge >= 0.3 is 0 Å². The zero-order chi connectivity index (χ0) is 17.4. The molecule has 0 fully saturated rings. The fourth-order valence-electron chi connectivity index (χ4n) is 3.25. The molecule has 0 spiro atoms.